The fourth-order valence-electron chi connectivity index (χ4n) is 3.95. The minimum absolute atomic E-state index is 0.116. The summed E-state index contributed by atoms with van der Waals surface area (Å²) < 4.78 is 20.9. The molecule has 9 heteroatoms. The molecular weight excluding hydrogens is 443 g/mol. The van der Waals surface area contributed by atoms with Crippen molar-refractivity contribution in [3.8, 4) is 5.75 Å². The number of ether oxygens (including phenoxy) is 1. The third-order valence-corrected chi connectivity index (χ3v) is 6.76. The van der Waals surface area contributed by atoms with Crippen molar-refractivity contribution < 1.29 is 18.7 Å². The lowest BCUT2D eigenvalue weighted by Gasteiger charge is -2.33. The summed E-state index contributed by atoms with van der Waals surface area (Å²) in [6.07, 6.45) is -0.793. The fraction of sp³-hybridized carbons (Fsp3) is 0.208. The van der Waals surface area contributed by atoms with Crippen LogP contribution in [0, 0.1) is 12.7 Å². The molecular formula is C24H21FN4O3S. The predicted octanol–water partition coefficient (Wildman–Crippen LogP) is 3.75. The molecule has 1 aliphatic rings. The maximum absolute atomic E-state index is 13.6. The van der Waals surface area contributed by atoms with Crippen LogP contribution in [0.4, 0.5) is 10.1 Å². The number of nitrogens with zero attached hydrogens (tertiary/aromatic N) is 3. The van der Waals surface area contributed by atoms with Gasteiger partial charge in [0.25, 0.3) is 11.8 Å². The Morgan fingerprint density at radius 1 is 1.21 bits per heavy atom. The molecule has 1 aliphatic heterocycles. The van der Waals surface area contributed by atoms with Crippen molar-refractivity contribution in [2.75, 3.05) is 18.5 Å². The Morgan fingerprint density at radius 3 is 2.73 bits per heavy atom. The van der Waals surface area contributed by atoms with Gasteiger partial charge in [0.05, 0.1) is 29.3 Å². The number of aromatic nitrogens is 2. The molecule has 1 unspecified atom stereocenters. The highest BCUT2D eigenvalue weighted by atomic mass is 32.1. The van der Waals surface area contributed by atoms with Crippen molar-refractivity contribution >= 4 is 39.1 Å². The van der Waals surface area contributed by atoms with Crippen molar-refractivity contribution in [3.63, 3.8) is 0 Å². The molecule has 3 heterocycles. The van der Waals surface area contributed by atoms with Crippen molar-refractivity contribution in [2.45, 2.75) is 19.6 Å². The SMILES string of the molecule is CNC(=O)C1CN(C(=O)c2cc3c(C)nn(Cc4ccc(F)cc4)c3s2)c2ccccc2O1. The van der Waals surface area contributed by atoms with Crippen molar-refractivity contribution in [2.24, 2.45) is 0 Å². The summed E-state index contributed by atoms with van der Waals surface area (Å²) in [6, 6.07) is 15.3. The molecule has 2 aromatic heterocycles. The zero-order valence-corrected chi connectivity index (χ0v) is 18.9. The van der Waals surface area contributed by atoms with Crippen LogP contribution >= 0.6 is 11.3 Å². The first-order valence-corrected chi connectivity index (χ1v) is 11.3. The molecule has 0 fully saturated rings. The van der Waals surface area contributed by atoms with E-state index < -0.39 is 6.10 Å². The van der Waals surface area contributed by atoms with E-state index in [1.165, 1.54) is 23.5 Å². The minimum atomic E-state index is -0.793. The zero-order chi connectivity index (χ0) is 23.1. The van der Waals surface area contributed by atoms with Gasteiger partial charge in [-0.15, -0.1) is 11.3 Å². The van der Waals surface area contributed by atoms with Crippen molar-refractivity contribution in [1.82, 2.24) is 15.1 Å². The molecule has 0 aliphatic carbocycles. The highest BCUT2D eigenvalue weighted by Crippen LogP contribution is 2.36. The Balaban J connectivity index is 1.49. The number of rotatable bonds is 4. The lowest BCUT2D eigenvalue weighted by molar-refractivity contribution is -0.127. The molecule has 1 atom stereocenters. The van der Waals surface area contributed by atoms with E-state index in [1.54, 1.807) is 36.2 Å². The molecule has 4 aromatic rings. The van der Waals surface area contributed by atoms with Gasteiger partial charge in [0.2, 0.25) is 0 Å². The van der Waals surface area contributed by atoms with E-state index in [-0.39, 0.29) is 24.2 Å². The molecule has 5 rings (SSSR count). The van der Waals surface area contributed by atoms with Gasteiger partial charge in [-0.1, -0.05) is 24.3 Å². The molecule has 0 saturated carbocycles. The topological polar surface area (TPSA) is 76.5 Å². The summed E-state index contributed by atoms with van der Waals surface area (Å²) in [5.41, 5.74) is 2.36. The van der Waals surface area contributed by atoms with Gasteiger partial charge < -0.3 is 10.1 Å². The number of likely N-dealkylation sites (N-methyl/N-ethyl adjacent to an activating group) is 1. The van der Waals surface area contributed by atoms with E-state index in [2.05, 4.69) is 10.4 Å². The van der Waals surface area contributed by atoms with E-state index in [9.17, 15) is 14.0 Å². The first-order chi connectivity index (χ1) is 15.9. The summed E-state index contributed by atoms with van der Waals surface area (Å²) in [7, 11) is 1.54. The van der Waals surface area contributed by atoms with Gasteiger partial charge in [-0.2, -0.15) is 5.10 Å². The lowest BCUT2D eigenvalue weighted by atomic mass is 10.1. The molecule has 168 valence electrons. The van der Waals surface area contributed by atoms with Gasteiger partial charge in [-0.3, -0.25) is 19.2 Å². The van der Waals surface area contributed by atoms with Crippen LogP contribution in [0.3, 0.4) is 0 Å². The molecule has 2 aromatic carbocycles. The van der Waals surface area contributed by atoms with Crippen LogP contribution in [0.2, 0.25) is 0 Å². The molecule has 33 heavy (non-hydrogen) atoms. The van der Waals surface area contributed by atoms with Crippen LogP contribution < -0.4 is 15.0 Å². The number of amides is 2. The Labute approximate surface area is 193 Å². The average Bonchev–Trinajstić information content (AvgIpc) is 3.40. The number of thiophene rings is 1. The van der Waals surface area contributed by atoms with E-state index >= 15 is 0 Å². The largest absolute Gasteiger partial charge is 0.477 e. The number of halogens is 1. The molecule has 0 radical (unpaired) electrons. The van der Waals surface area contributed by atoms with Crippen LogP contribution in [0.5, 0.6) is 5.75 Å². The summed E-state index contributed by atoms with van der Waals surface area (Å²) in [4.78, 5) is 28.8. The number of fused-ring (bicyclic) bond motifs is 2. The highest BCUT2D eigenvalue weighted by molar-refractivity contribution is 7.20. The Morgan fingerprint density at radius 2 is 1.97 bits per heavy atom. The smallest absolute Gasteiger partial charge is 0.268 e. The fourth-order valence-corrected chi connectivity index (χ4v) is 5.06. The maximum atomic E-state index is 13.6. The van der Waals surface area contributed by atoms with Crippen molar-refractivity contribution in [3.05, 3.63) is 76.5 Å². The summed E-state index contributed by atoms with van der Waals surface area (Å²) in [6.45, 7) is 2.48. The number of anilines is 1. The molecule has 0 saturated heterocycles. The number of hydrogen-bond donors (Lipinski definition) is 1. The number of aryl methyl sites for hydroxylation is 1. The molecule has 0 spiro atoms. The van der Waals surface area contributed by atoms with Gasteiger partial charge in [0.15, 0.2) is 6.10 Å². The predicted molar refractivity (Wildman–Crippen MR) is 124 cm³/mol. The monoisotopic (exact) mass is 464 g/mol. The van der Waals surface area contributed by atoms with Crippen LogP contribution in [-0.4, -0.2) is 41.3 Å². The first kappa shape index (κ1) is 21.1. The van der Waals surface area contributed by atoms with E-state index in [4.69, 9.17) is 4.74 Å². The minimum Gasteiger partial charge on any atom is -0.477 e. The van der Waals surface area contributed by atoms with Gasteiger partial charge in [0.1, 0.15) is 16.4 Å². The van der Waals surface area contributed by atoms with Gasteiger partial charge in [-0.05, 0) is 42.8 Å². The average molecular weight is 465 g/mol. The molecule has 7 nitrogen and oxygen atoms in total. The number of benzene rings is 2. The lowest BCUT2D eigenvalue weighted by Crippen LogP contribution is -2.50. The van der Waals surface area contributed by atoms with Gasteiger partial charge in [-0.25, -0.2) is 4.39 Å². The van der Waals surface area contributed by atoms with Crippen LogP contribution in [0.25, 0.3) is 10.2 Å². The van der Waals surface area contributed by atoms with Crippen molar-refractivity contribution in [1.29, 1.82) is 0 Å². The van der Waals surface area contributed by atoms with Crippen LogP contribution in [-0.2, 0) is 11.3 Å². The molecule has 2 amide bonds. The molecule has 0 bridgehead atoms. The zero-order valence-electron chi connectivity index (χ0n) is 18.0. The normalized spacial score (nSPS) is 15.2. The summed E-state index contributed by atoms with van der Waals surface area (Å²) in [5, 5.41) is 8.09. The highest BCUT2D eigenvalue weighted by Gasteiger charge is 2.34. The van der Waals surface area contributed by atoms with E-state index in [0.717, 1.165) is 21.5 Å². The van der Waals surface area contributed by atoms with E-state index in [1.807, 2.05) is 29.8 Å². The standard InChI is InChI=1S/C24H21FN4O3S/c1-14-17-11-21(33-24(17)29(27-14)12-15-7-9-16(25)10-8-15)23(31)28-13-20(22(30)26-2)32-19-6-4-3-5-18(19)28/h3-11,20H,12-13H2,1-2H3,(H,26,30). The third kappa shape index (κ3) is 3.84. The van der Waals surface area contributed by atoms with Gasteiger partial charge in [0, 0.05) is 12.4 Å². The Kier molecular flexibility index (Phi) is 5.33. The maximum Gasteiger partial charge on any atom is 0.268 e. The van der Waals surface area contributed by atoms with Crippen LogP contribution in [0.1, 0.15) is 20.9 Å². The number of carbonyl (C=O) groups is 2. The van der Waals surface area contributed by atoms with E-state index in [0.29, 0.717) is 22.9 Å². The number of hydrogen-bond acceptors (Lipinski definition) is 5. The second kappa shape index (κ2) is 8.32. The third-order valence-electron chi connectivity index (χ3n) is 5.62. The van der Waals surface area contributed by atoms with Gasteiger partial charge >= 0.3 is 0 Å². The number of carbonyl (C=O) groups excluding carboxylic acids is 2. The molecule has 1 N–H and O–H groups in total. The Hall–Kier alpha value is -3.72. The number of para-hydroxylation sites is 2. The second-order valence-electron chi connectivity index (χ2n) is 7.80. The second-order valence-corrected chi connectivity index (χ2v) is 8.83. The summed E-state index contributed by atoms with van der Waals surface area (Å²) in [5.74, 6) is -0.283. The number of nitrogens with one attached hydrogen (secondary N) is 1. The van der Waals surface area contributed by atoms with Crippen LogP contribution in [0.15, 0.2) is 54.6 Å². The summed E-state index contributed by atoms with van der Waals surface area (Å²) >= 11 is 1.35. The first-order valence-electron chi connectivity index (χ1n) is 10.4. The Bertz CT molecular complexity index is 1360. The quantitative estimate of drug-likeness (QED) is 0.499.